The number of anilines is 1. The predicted octanol–water partition coefficient (Wildman–Crippen LogP) is 2.53. The van der Waals surface area contributed by atoms with E-state index in [4.69, 9.17) is 0 Å². The molecule has 1 heterocycles. The van der Waals surface area contributed by atoms with Crippen molar-refractivity contribution >= 4 is 11.7 Å². The lowest BCUT2D eigenvalue weighted by molar-refractivity contribution is 0.0245. The lowest BCUT2D eigenvalue weighted by Gasteiger charge is -2.27. The number of urea groups is 1. The lowest BCUT2D eigenvalue weighted by atomic mass is 9.93. The van der Waals surface area contributed by atoms with Crippen LogP contribution in [0.5, 0.6) is 0 Å². The molecule has 1 aromatic rings. The molecule has 0 bridgehead atoms. The molecule has 0 atom stereocenters. The monoisotopic (exact) mass is 265 g/mol. The minimum Gasteiger partial charge on any atom is -0.388 e. The Morgan fingerprint density at radius 2 is 1.84 bits per heavy atom. The van der Waals surface area contributed by atoms with Gasteiger partial charge in [-0.2, -0.15) is 0 Å². The lowest BCUT2D eigenvalue weighted by Crippen LogP contribution is -2.44. The number of aliphatic hydroxyl groups is 1. The summed E-state index contributed by atoms with van der Waals surface area (Å²) in [5, 5.41) is 15.8. The van der Waals surface area contributed by atoms with Crippen molar-refractivity contribution in [2.75, 3.05) is 11.9 Å². The molecule has 3 N–H and O–H groups in total. The van der Waals surface area contributed by atoms with Crippen LogP contribution in [0.15, 0.2) is 24.5 Å². The van der Waals surface area contributed by atoms with Crippen LogP contribution in [0, 0.1) is 0 Å². The maximum absolute atomic E-state index is 11.7. The highest BCUT2D eigenvalue weighted by Crippen LogP contribution is 2.18. The van der Waals surface area contributed by atoms with E-state index in [9.17, 15) is 9.90 Å². The molecule has 19 heavy (non-hydrogen) atoms. The van der Waals surface area contributed by atoms with E-state index >= 15 is 0 Å². The number of nitrogens with zero attached hydrogens (tertiary/aromatic N) is 1. The first kappa shape index (κ1) is 15.4. The molecular formula is C14H23N3O2. The summed E-state index contributed by atoms with van der Waals surface area (Å²) in [6, 6.07) is 3.12. The second-order valence-electron chi connectivity index (χ2n) is 4.77. The van der Waals surface area contributed by atoms with Crippen LogP contribution in [0.4, 0.5) is 10.5 Å². The van der Waals surface area contributed by atoms with Gasteiger partial charge < -0.3 is 15.7 Å². The third-order valence-electron chi connectivity index (χ3n) is 2.95. The van der Waals surface area contributed by atoms with Gasteiger partial charge in [0, 0.05) is 24.6 Å². The van der Waals surface area contributed by atoms with E-state index in [2.05, 4.69) is 15.6 Å². The highest BCUT2D eigenvalue weighted by atomic mass is 16.3. The number of amides is 2. The first-order valence-corrected chi connectivity index (χ1v) is 6.77. The molecule has 0 aliphatic heterocycles. The zero-order valence-corrected chi connectivity index (χ0v) is 11.6. The van der Waals surface area contributed by atoms with Crippen LogP contribution in [-0.2, 0) is 0 Å². The van der Waals surface area contributed by atoms with Crippen molar-refractivity contribution in [3.05, 3.63) is 24.5 Å². The molecule has 5 heteroatoms. The Balaban J connectivity index is 2.43. The second kappa shape index (κ2) is 7.74. The third kappa shape index (κ3) is 5.70. The minimum atomic E-state index is -0.806. The van der Waals surface area contributed by atoms with Gasteiger partial charge in [0.05, 0.1) is 5.60 Å². The maximum atomic E-state index is 11.7. The fraction of sp³-hybridized carbons (Fsp3) is 0.571. The average Bonchev–Trinajstić information content (AvgIpc) is 2.38. The number of hydrogen-bond acceptors (Lipinski definition) is 3. The van der Waals surface area contributed by atoms with Crippen molar-refractivity contribution in [2.24, 2.45) is 0 Å². The summed E-state index contributed by atoms with van der Waals surface area (Å²) >= 11 is 0. The topological polar surface area (TPSA) is 74.2 Å². The number of hydrogen-bond donors (Lipinski definition) is 3. The van der Waals surface area contributed by atoms with Crippen LogP contribution in [0.1, 0.15) is 39.5 Å². The summed E-state index contributed by atoms with van der Waals surface area (Å²) in [5.41, 5.74) is -0.124. The Kier molecular flexibility index (Phi) is 6.29. The SMILES string of the molecule is CCCC(O)(CCC)CNC(=O)Nc1ccncc1. The molecule has 0 saturated carbocycles. The normalized spacial score (nSPS) is 11.1. The Labute approximate surface area is 114 Å². The molecule has 2 amide bonds. The highest BCUT2D eigenvalue weighted by molar-refractivity contribution is 5.89. The number of aromatic nitrogens is 1. The van der Waals surface area contributed by atoms with Gasteiger partial charge in [-0.1, -0.05) is 26.7 Å². The Hall–Kier alpha value is -1.62. The van der Waals surface area contributed by atoms with Gasteiger partial charge in [-0.3, -0.25) is 4.98 Å². The standard InChI is InChI=1S/C14H23N3O2/c1-3-7-14(19,8-4-2)11-16-13(18)17-12-5-9-15-10-6-12/h5-6,9-10,19H,3-4,7-8,11H2,1-2H3,(H2,15,16,17,18). The van der Waals surface area contributed by atoms with E-state index in [-0.39, 0.29) is 12.6 Å². The van der Waals surface area contributed by atoms with E-state index in [0.29, 0.717) is 18.5 Å². The number of carbonyl (C=O) groups is 1. The van der Waals surface area contributed by atoms with E-state index in [0.717, 1.165) is 12.8 Å². The largest absolute Gasteiger partial charge is 0.388 e. The molecular weight excluding hydrogens is 242 g/mol. The van der Waals surface area contributed by atoms with Crippen LogP contribution >= 0.6 is 0 Å². The van der Waals surface area contributed by atoms with Crippen molar-refractivity contribution in [2.45, 2.75) is 45.1 Å². The zero-order valence-electron chi connectivity index (χ0n) is 11.6. The van der Waals surface area contributed by atoms with Crippen LogP contribution < -0.4 is 10.6 Å². The second-order valence-corrected chi connectivity index (χ2v) is 4.77. The van der Waals surface area contributed by atoms with E-state index < -0.39 is 5.60 Å². The number of rotatable bonds is 7. The molecule has 0 spiro atoms. The van der Waals surface area contributed by atoms with Crippen molar-refractivity contribution in [1.29, 1.82) is 0 Å². The summed E-state index contributed by atoms with van der Waals surface area (Å²) in [6.45, 7) is 4.32. The molecule has 0 radical (unpaired) electrons. The molecule has 1 rings (SSSR count). The van der Waals surface area contributed by atoms with Gasteiger partial charge in [0.25, 0.3) is 0 Å². The molecule has 0 saturated heterocycles. The van der Waals surface area contributed by atoms with Gasteiger partial charge in [0.2, 0.25) is 0 Å². The maximum Gasteiger partial charge on any atom is 0.319 e. The first-order chi connectivity index (χ1) is 9.09. The number of pyridine rings is 1. The zero-order chi connectivity index (χ0) is 14.1. The quantitative estimate of drug-likeness (QED) is 0.709. The summed E-state index contributed by atoms with van der Waals surface area (Å²) < 4.78 is 0. The average molecular weight is 265 g/mol. The number of nitrogens with one attached hydrogen (secondary N) is 2. The smallest absolute Gasteiger partial charge is 0.319 e. The summed E-state index contributed by atoms with van der Waals surface area (Å²) in [4.78, 5) is 15.6. The highest BCUT2D eigenvalue weighted by Gasteiger charge is 2.25. The third-order valence-corrected chi connectivity index (χ3v) is 2.95. The van der Waals surface area contributed by atoms with Gasteiger partial charge in [-0.25, -0.2) is 4.79 Å². The molecule has 0 aliphatic carbocycles. The van der Waals surface area contributed by atoms with Gasteiger partial charge in [-0.15, -0.1) is 0 Å². The number of carbonyl (C=O) groups excluding carboxylic acids is 1. The van der Waals surface area contributed by atoms with Crippen LogP contribution in [0.2, 0.25) is 0 Å². The van der Waals surface area contributed by atoms with Gasteiger partial charge in [0.15, 0.2) is 0 Å². The predicted molar refractivity (Wildman–Crippen MR) is 76.0 cm³/mol. The van der Waals surface area contributed by atoms with Gasteiger partial charge >= 0.3 is 6.03 Å². The fourth-order valence-electron chi connectivity index (χ4n) is 2.09. The van der Waals surface area contributed by atoms with Crippen LogP contribution in [-0.4, -0.2) is 28.3 Å². The Bertz CT molecular complexity index is 376. The summed E-state index contributed by atoms with van der Waals surface area (Å²) in [6.07, 6.45) is 6.39. The minimum absolute atomic E-state index is 0.269. The van der Waals surface area contributed by atoms with Crippen molar-refractivity contribution < 1.29 is 9.90 Å². The Morgan fingerprint density at radius 1 is 1.26 bits per heavy atom. The molecule has 0 fully saturated rings. The first-order valence-electron chi connectivity index (χ1n) is 6.77. The Morgan fingerprint density at radius 3 is 2.37 bits per heavy atom. The van der Waals surface area contributed by atoms with Crippen LogP contribution in [0.25, 0.3) is 0 Å². The van der Waals surface area contributed by atoms with Gasteiger partial charge in [-0.05, 0) is 25.0 Å². The molecule has 1 aromatic heterocycles. The van der Waals surface area contributed by atoms with E-state index in [1.807, 2.05) is 13.8 Å². The van der Waals surface area contributed by atoms with E-state index in [1.165, 1.54) is 0 Å². The van der Waals surface area contributed by atoms with Crippen LogP contribution in [0.3, 0.4) is 0 Å². The molecule has 0 aliphatic rings. The van der Waals surface area contributed by atoms with Crippen molar-refractivity contribution in [3.8, 4) is 0 Å². The van der Waals surface area contributed by atoms with Crippen molar-refractivity contribution in [1.82, 2.24) is 10.3 Å². The molecule has 5 nitrogen and oxygen atoms in total. The van der Waals surface area contributed by atoms with E-state index in [1.54, 1.807) is 24.5 Å². The molecule has 106 valence electrons. The fourth-order valence-corrected chi connectivity index (χ4v) is 2.09. The summed E-state index contributed by atoms with van der Waals surface area (Å²) in [5.74, 6) is 0. The summed E-state index contributed by atoms with van der Waals surface area (Å²) in [7, 11) is 0. The van der Waals surface area contributed by atoms with Gasteiger partial charge in [0.1, 0.15) is 0 Å². The molecule has 0 unspecified atom stereocenters. The van der Waals surface area contributed by atoms with Crippen molar-refractivity contribution in [3.63, 3.8) is 0 Å². The molecule has 0 aromatic carbocycles.